The summed E-state index contributed by atoms with van der Waals surface area (Å²) in [6.07, 6.45) is 0. The number of H-pyrrole nitrogens is 1. The van der Waals surface area contributed by atoms with Crippen molar-refractivity contribution < 1.29 is 4.79 Å². The largest absolute Gasteiger partial charge is 0.348 e. The number of hydrogen-bond donors (Lipinski definition) is 2. The summed E-state index contributed by atoms with van der Waals surface area (Å²) in [5, 5.41) is 3.59. The van der Waals surface area contributed by atoms with Crippen molar-refractivity contribution in [3.8, 4) is 0 Å². The van der Waals surface area contributed by atoms with Gasteiger partial charge in [-0.25, -0.2) is 4.98 Å². The van der Waals surface area contributed by atoms with Gasteiger partial charge in [-0.2, -0.15) is 0 Å². The summed E-state index contributed by atoms with van der Waals surface area (Å²) in [7, 11) is 1.83. The van der Waals surface area contributed by atoms with Crippen molar-refractivity contribution in [2.24, 2.45) is 0 Å². The van der Waals surface area contributed by atoms with Crippen molar-refractivity contribution in [3.63, 3.8) is 0 Å². The first-order valence-electron chi connectivity index (χ1n) is 8.95. The quantitative estimate of drug-likeness (QED) is 0.705. The number of benzene rings is 2. The van der Waals surface area contributed by atoms with Crippen molar-refractivity contribution in [2.45, 2.75) is 26.4 Å². The third-order valence-corrected chi connectivity index (χ3v) is 4.53. The maximum absolute atomic E-state index is 12.4. The first-order valence-corrected chi connectivity index (χ1v) is 8.95. The van der Waals surface area contributed by atoms with E-state index in [0.29, 0.717) is 23.3 Å². The molecule has 1 heterocycles. The number of nitrogens with one attached hydrogen (secondary N) is 2. The summed E-state index contributed by atoms with van der Waals surface area (Å²) >= 11 is 0. The van der Waals surface area contributed by atoms with Gasteiger partial charge in [0.1, 0.15) is 5.82 Å². The number of para-hydroxylation sites is 1. The van der Waals surface area contributed by atoms with Crippen LogP contribution < -0.4 is 10.9 Å². The molecule has 0 saturated heterocycles. The molecule has 1 amide bonds. The molecule has 3 aromatic rings. The van der Waals surface area contributed by atoms with Gasteiger partial charge in [0.25, 0.3) is 5.56 Å². The predicted molar refractivity (Wildman–Crippen MR) is 106 cm³/mol. The molecule has 140 valence electrons. The van der Waals surface area contributed by atoms with Gasteiger partial charge in [-0.15, -0.1) is 0 Å². The minimum absolute atomic E-state index is 0.0642. The van der Waals surface area contributed by atoms with E-state index < -0.39 is 0 Å². The second-order valence-corrected chi connectivity index (χ2v) is 6.85. The molecule has 0 unspecified atom stereocenters. The van der Waals surface area contributed by atoms with Crippen LogP contribution in [-0.2, 0) is 11.3 Å². The smallest absolute Gasteiger partial charge is 0.258 e. The lowest BCUT2D eigenvalue weighted by atomic mass is 10.0. The van der Waals surface area contributed by atoms with Crippen LogP contribution in [-0.4, -0.2) is 34.4 Å². The number of carbonyl (C=O) groups excluding carboxylic acids is 1. The molecule has 1 aromatic heterocycles. The minimum atomic E-state index is -0.165. The molecular weight excluding hydrogens is 340 g/mol. The highest BCUT2D eigenvalue weighted by Gasteiger charge is 2.14. The van der Waals surface area contributed by atoms with Crippen LogP contribution in [0.5, 0.6) is 0 Å². The lowest BCUT2D eigenvalue weighted by Crippen LogP contribution is -2.36. The van der Waals surface area contributed by atoms with Gasteiger partial charge in [0.2, 0.25) is 5.91 Å². The average Bonchev–Trinajstić information content (AvgIpc) is 2.61. The van der Waals surface area contributed by atoms with Crippen LogP contribution in [0.25, 0.3) is 10.9 Å². The molecule has 0 aliphatic rings. The lowest BCUT2D eigenvalue weighted by molar-refractivity contribution is -0.122. The Morgan fingerprint density at radius 3 is 2.67 bits per heavy atom. The lowest BCUT2D eigenvalue weighted by Gasteiger charge is -2.20. The maximum Gasteiger partial charge on any atom is 0.258 e. The third-order valence-electron chi connectivity index (χ3n) is 4.53. The van der Waals surface area contributed by atoms with Gasteiger partial charge < -0.3 is 10.3 Å². The Bertz CT molecular complexity index is 1010. The zero-order valence-corrected chi connectivity index (χ0v) is 15.8. The van der Waals surface area contributed by atoms with E-state index >= 15 is 0 Å². The van der Waals surface area contributed by atoms with E-state index in [9.17, 15) is 9.59 Å². The highest BCUT2D eigenvalue weighted by Crippen LogP contribution is 2.16. The van der Waals surface area contributed by atoms with E-state index in [1.54, 1.807) is 6.07 Å². The molecule has 0 bridgehead atoms. The number of rotatable bonds is 6. The number of amides is 1. The molecule has 6 nitrogen and oxygen atoms in total. The fourth-order valence-electron chi connectivity index (χ4n) is 3.20. The molecule has 27 heavy (non-hydrogen) atoms. The van der Waals surface area contributed by atoms with Gasteiger partial charge >= 0.3 is 0 Å². The Hall–Kier alpha value is -2.99. The Morgan fingerprint density at radius 1 is 1.19 bits per heavy atom. The van der Waals surface area contributed by atoms with Gasteiger partial charge in [0.15, 0.2) is 0 Å². The number of aromatic nitrogens is 2. The standard InChI is InChI=1S/C21H24N4O2/c1-14-8-4-5-9-16(14)15(2)22-20(26)13-25(3)12-19-23-18-11-7-6-10-17(18)21(27)24-19/h4-11,15H,12-13H2,1-3H3,(H,22,26)(H,23,24,27)/t15-/m1/s1. The molecule has 2 aromatic carbocycles. The number of carbonyl (C=O) groups is 1. The second kappa shape index (κ2) is 8.14. The van der Waals surface area contributed by atoms with Crippen LogP contribution in [0.15, 0.2) is 53.3 Å². The van der Waals surface area contributed by atoms with Crippen LogP contribution >= 0.6 is 0 Å². The number of fused-ring (bicyclic) bond motifs is 1. The van der Waals surface area contributed by atoms with Crippen LogP contribution in [0.4, 0.5) is 0 Å². The molecule has 0 fully saturated rings. The first-order chi connectivity index (χ1) is 12.9. The van der Waals surface area contributed by atoms with E-state index in [1.165, 1.54) is 0 Å². The molecule has 6 heteroatoms. The highest BCUT2D eigenvalue weighted by molar-refractivity contribution is 5.78. The fourth-order valence-corrected chi connectivity index (χ4v) is 3.20. The molecule has 0 aliphatic heterocycles. The van der Waals surface area contributed by atoms with Gasteiger partial charge in [-0.3, -0.25) is 14.5 Å². The molecule has 1 atom stereocenters. The van der Waals surface area contributed by atoms with Gasteiger partial charge in [-0.05, 0) is 44.2 Å². The highest BCUT2D eigenvalue weighted by atomic mass is 16.2. The predicted octanol–water partition coefficient (Wildman–Crippen LogP) is 2.54. The van der Waals surface area contributed by atoms with Crippen LogP contribution in [0.1, 0.15) is 29.9 Å². The van der Waals surface area contributed by atoms with E-state index in [-0.39, 0.29) is 24.1 Å². The number of hydrogen-bond acceptors (Lipinski definition) is 4. The summed E-state index contributed by atoms with van der Waals surface area (Å²) in [4.78, 5) is 33.6. The van der Waals surface area contributed by atoms with Crippen molar-refractivity contribution in [1.29, 1.82) is 0 Å². The Morgan fingerprint density at radius 2 is 1.89 bits per heavy atom. The molecule has 0 saturated carbocycles. The number of likely N-dealkylation sites (N-methyl/N-ethyl adjacent to an activating group) is 1. The van der Waals surface area contributed by atoms with Gasteiger partial charge in [0, 0.05) is 0 Å². The summed E-state index contributed by atoms with van der Waals surface area (Å²) in [5.74, 6) is 0.470. The van der Waals surface area contributed by atoms with E-state index in [4.69, 9.17) is 0 Å². The monoisotopic (exact) mass is 364 g/mol. The van der Waals surface area contributed by atoms with Crippen LogP contribution in [0.2, 0.25) is 0 Å². The molecule has 3 rings (SSSR count). The SMILES string of the molecule is Cc1ccccc1[C@@H](C)NC(=O)CN(C)Cc1nc2ccccc2c(=O)[nH]1. The van der Waals surface area contributed by atoms with Crippen LogP contribution in [0, 0.1) is 6.92 Å². The number of aromatic amines is 1. The first kappa shape index (κ1) is 18.8. The third kappa shape index (κ3) is 4.60. The summed E-state index contributed by atoms with van der Waals surface area (Å²) in [5.41, 5.74) is 2.74. The van der Waals surface area contributed by atoms with Gasteiger partial charge in [-0.1, -0.05) is 36.4 Å². The molecular formula is C21H24N4O2. The molecule has 0 radical (unpaired) electrons. The zero-order chi connectivity index (χ0) is 19.4. The topological polar surface area (TPSA) is 78.1 Å². The maximum atomic E-state index is 12.4. The number of aryl methyl sites for hydroxylation is 1. The zero-order valence-electron chi connectivity index (χ0n) is 15.8. The molecule has 0 aliphatic carbocycles. The summed E-state index contributed by atoms with van der Waals surface area (Å²) in [6.45, 7) is 4.60. The Labute approximate surface area is 158 Å². The van der Waals surface area contributed by atoms with Crippen LogP contribution in [0.3, 0.4) is 0 Å². The van der Waals surface area contributed by atoms with E-state index in [2.05, 4.69) is 15.3 Å². The van der Waals surface area contributed by atoms with Crippen molar-refractivity contribution in [2.75, 3.05) is 13.6 Å². The molecule has 0 spiro atoms. The number of nitrogens with zero attached hydrogens (tertiary/aromatic N) is 2. The average molecular weight is 364 g/mol. The summed E-state index contributed by atoms with van der Waals surface area (Å²) < 4.78 is 0. The van der Waals surface area contributed by atoms with Gasteiger partial charge in [0.05, 0.1) is 30.0 Å². The Kier molecular flexibility index (Phi) is 5.66. The van der Waals surface area contributed by atoms with E-state index in [1.807, 2.05) is 68.3 Å². The molecule has 2 N–H and O–H groups in total. The normalized spacial score (nSPS) is 12.3. The van der Waals surface area contributed by atoms with Crippen molar-refractivity contribution in [3.05, 3.63) is 75.8 Å². The van der Waals surface area contributed by atoms with Crippen molar-refractivity contribution in [1.82, 2.24) is 20.2 Å². The minimum Gasteiger partial charge on any atom is -0.348 e. The van der Waals surface area contributed by atoms with E-state index in [0.717, 1.165) is 11.1 Å². The fraction of sp³-hybridized carbons (Fsp3) is 0.286. The Balaban J connectivity index is 1.62. The van der Waals surface area contributed by atoms with Crippen molar-refractivity contribution >= 4 is 16.8 Å². The summed E-state index contributed by atoms with van der Waals surface area (Å²) in [6, 6.07) is 15.2. The second-order valence-electron chi connectivity index (χ2n) is 6.85.